The van der Waals surface area contributed by atoms with Gasteiger partial charge in [0.25, 0.3) is 0 Å². The Morgan fingerprint density at radius 3 is 2.60 bits per heavy atom. The molecular weight excluding hydrogens is 218 g/mol. The van der Waals surface area contributed by atoms with E-state index in [1.807, 2.05) is 0 Å². The maximum Gasteiger partial charge on any atom is 0.237 e. The second kappa shape index (κ2) is 4.91. The minimum absolute atomic E-state index is 0.0253. The SMILES string of the molecule is CNCCS(=O)(=O)N1CCN(C)C(=O)C1. The molecule has 1 aliphatic heterocycles. The van der Waals surface area contributed by atoms with Crippen LogP contribution in [0.4, 0.5) is 0 Å². The quantitative estimate of drug-likeness (QED) is 0.631. The third-order valence-corrected chi connectivity index (χ3v) is 4.24. The van der Waals surface area contributed by atoms with Crippen molar-refractivity contribution in [3.63, 3.8) is 0 Å². The van der Waals surface area contributed by atoms with Gasteiger partial charge in [0.05, 0.1) is 12.3 Å². The monoisotopic (exact) mass is 235 g/mol. The van der Waals surface area contributed by atoms with Crippen molar-refractivity contribution in [2.45, 2.75) is 0 Å². The van der Waals surface area contributed by atoms with Crippen molar-refractivity contribution >= 4 is 15.9 Å². The molecule has 0 spiro atoms. The lowest BCUT2D eigenvalue weighted by atomic mass is 10.4. The average Bonchev–Trinajstić information content (AvgIpc) is 2.19. The Balaban J connectivity index is 2.61. The van der Waals surface area contributed by atoms with E-state index >= 15 is 0 Å². The van der Waals surface area contributed by atoms with Crippen LogP contribution in [0, 0.1) is 0 Å². The lowest BCUT2D eigenvalue weighted by Crippen LogP contribution is -2.51. The van der Waals surface area contributed by atoms with E-state index in [1.165, 1.54) is 4.31 Å². The van der Waals surface area contributed by atoms with E-state index in [0.717, 1.165) is 0 Å². The molecule has 1 heterocycles. The van der Waals surface area contributed by atoms with E-state index in [1.54, 1.807) is 19.0 Å². The second-order valence-electron chi connectivity index (χ2n) is 3.57. The molecule has 15 heavy (non-hydrogen) atoms. The third kappa shape index (κ3) is 3.15. The van der Waals surface area contributed by atoms with Crippen molar-refractivity contribution in [1.29, 1.82) is 0 Å². The standard InChI is InChI=1S/C8H17N3O3S/c1-9-3-6-15(13,14)11-5-4-10(2)8(12)7-11/h9H,3-7H2,1-2H3. The van der Waals surface area contributed by atoms with Crippen molar-refractivity contribution in [3.8, 4) is 0 Å². The Bertz CT molecular complexity index is 328. The summed E-state index contributed by atoms with van der Waals surface area (Å²) in [5.74, 6) is -0.102. The number of hydrogen-bond donors (Lipinski definition) is 1. The highest BCUT2D eigenvalue weighted by molar-refractivity contribution is 7.89. The van der Waals surface area contributed by atoms with Gasteiger partial charge in [0, 0.05) is 26.7 Å². The van der Waals surface area contributed by atoms with Crippen molar-refractivity contribution in [2.75, 3.05) is 46.0 Å². The van der Waals surface area contributed by atoms with Gasteiger partial charge in [-0.05, 0) is 7.05 Å². The molecule has 0 aromatic rings. The summed E-state index contributed by atoms with van der Waals surface area (Å²) in [7, 11) is 0.101. The summed E-state index contributed by atoms with van der Waals surface area (Å²) in [6, 6.07) is 0. The number of likely N-dealkylation sites (N-methyl/N-ethyl adjacent to an activating group) is 1. The van der Waals surface area contributed by atoms with Crippen LogP contribution in [0.5, 0.6) is 0 Å². The fourth-order valence-electron chi connectivity index (χ4n) is 1.33. The number of carbonyl (C=O) groups excluding carboxylic acids is 1. The molecule has 0 unspecified atom stereocenters. The molecule has 0 radical (unpaired) electrons. The molecule has 0 bridgehead atoms. The average molecular weight is 235 g/mol. The van der Waals surface area contributed by atoms with E-state index < -0.39 is 10.0 Å². The van der Waals surface area contributed by atoms with E-state index in [-0.39, 0.29) is 18.2 Å². The van der Waals surface area contributed by atoms with Crippen LogP contribution in [0.25, 0.3) is 0 Å². The van der Waals surface area contributed by atoms with Gasteiger partial charge < -0.3 is 10.2 Å². The Labute approximate surface area is 90.3 Å². The first-order chi connectivity index (χ1) is 6.97. The van der Waals surface area contributed by atoms with Crippen LogP contribution in [0.15, 0.2) is 0 Å². The first-order valence-electron chi connectivity index (χ1n) is 4.84. The second-order valence-corrected chi connectivity index (χ2v) is 5.66. The molecule has 1 N–H and O–H groups in total. The van der Waals surface area contributed by atoms with Crippen LogP contribution in [0.3, 0.4) is 0 Å². The number of rotatable bonds is 4. The minimum Gasteiger partial charge on any atom is -0.343 e. The van der Waals surface area contributed by atoms with Gasteiger partial charge in [0.2, 0.25) is 15.9 Å². The van der Waals surface area contributed by atoms with E-state index in [2.05, 4.69) is 5.32 Å². The van der Waals surface area contributed by atoms with Crippen LogP contribution in [0.2, 0.25) is 0 Å². The number of sulfonamides is 1. The highest BCUT2D eigenvalue weighted by Crippen LogP contribution is 2.07. The maximum atomic E-state index is 11.7. The van der Waals surface area contributed by atoms with Crippen LogP contribution in [0.1, 0.15) is 0 Å². The third-order valence-electron chi connectivity index (χ3n) is 2.43. The van der Waals surface area contributed by atoms with Crippen LogP contribution >= 0.6 is 0 Å². The van der Waals surface area contributed by atoms with Crippen LogP contribution < -0.4 is 5.32 Å². The lowest BCUT2D eigenvalue weighted by molar-refractivity contribution is -0.132. The summed E-state index contributed by atoms with van der Waals surface area (Å²) in [5, 5.41) is 2.78. The van der Waals surface area contributed by atoms with Crippen molar-refractivity contribution < 1.29 is 13.2 Å². The normalized spacial score (nSPS) is 19.6. The Morgan fingerprint density at radius 2 is 2.07 bits per heavy atom. The molecule has 0 saturated carbocycles. The van der Waals surface area contributed by atoms with Gasteiger partial charge in [-0.3, -0.25) is 4.79 Å². The maximum absolute atomic E-state index is 11.7. The molecular formula is C8H17N3O3S. The minimum atomic E-state index is -3.28. The summed E-state index contributed by atoms with van der Waals surface area (Å²) in [6.45, 7) is 1.25. The molecule has 6 nitrogen and oxygen atoms in total. The fraction of sp³-hybridized carbons (Fsp3) is 0.875. The van der Waals surface area contributed by atoms with Crippen LogP contribution in [-0.4, -0.2) is 69.6 Å². The summed E-state index contributed by atoms with van der Waals surface area (Å²) in [6.07, 6.45) is 0. The first-order valence-corrected chi connectivity index (χ1v) is 6.44. The molecule has 1 aliphatic rings. The largest absolute Gasteiger partial charge is 0.343 e. The van der Waals surface area contributed by atoms with Gasteiger partial charge in [-0.1, -0.05) is 0 Å². The Hall–Kier alpha value is -0.660. The van der Waals surface area contributed by atoms with E-state index in [9.17, 15) is 13.2 Å². The molecule has 0 aromatic carbocycles. The highest BCUT2D eigenvalue weighted by Gasteiger charge is 2.29. The fourth-order valence-corrected chi connectivity index (χ4v) is 2.72. The zero-order valence-corrected chi connectivity index (χ0v) is 9.88. The van der Waals surface area contributed by atoms with Gasteiger partial charge in [-0.25, -0.2) is 8.42 Å². The highest BCUT2D eigenvalue weighted by atomic mass is 32.2. The van der Waals surface area contributed by atoms with Crippen molar-refractivity contribution in [1.82, 2.24) is 14.5 Å². The molecule has 0 atom stereocenters. The summed E-state index contributed by atoms with van der Waals surface area (Å²) in [4.78, 5) is 12.9. The zero-order valence-electron chi connectivity index (χ0n) is 9.06. The molecule has 7 heteroatoms. The molecule has 1 amide bonds. The van der Waals surface area contributed by atoms with Gasteiger partial charge >= 0.3 is 0 Å². The van der Waals surface area contributed by atoms with E-state index in [0.29, 0.717) is 19.6 Å². The molecule has 1 fully saturated rings. The van der Waals surface area contributed by atoms with Crippen molar-refractivity contribution in [3.05, 3.63) is 0 Å². The number of piperazine rings is 1. The zero-order chi connectivity index (χ0) is 11.5. The summed E-state index contributed by atoms with van der Waals surface area (Å²) < 4.78 is 24.7. The Kier molecular flexibility index (Phi) is 4.06. The molecule has 88 valence electrons. The number of amides is 1. The number of carbonyl (C=O) groups is 1. The molecule has 1 rings (SSSR count). The summed E-state index contributed by atoms with van der Waals surface area (Å²) >= 11 is 0. The molecule has 1 saturated heterocycles. The van der Waals surface area contributed by atoms with Crippen molar-refractivity contribution in [2.24, 2.45) is 0 Å². The van der Waals surface area contributed by atoms with Gasteiger partial charge in [-0.15, -0.1) is 0 Å². The van der Waals surface area contributed by atoms with Gasteiger partial charge in [0.1, 0.15) is 0 Å². The summed E-state index contributed by atoms with van der Waals surface area (Å²) in [5.41, 5.74) is 0. The smallest absolute Gasteiger partial charge is 0.237 e. The number of nitrogens with one attached hydrogen (secondary N) is 1. The first kappa shape index (κ1) is 12.4. The topological polar surface area (TPSA) is 69.7 Å². The Morgan fingerprint density at radius 1 is 1.40 bits per heavy atom. The lowest BCUT2D eigenvalue weighted by Gasteiger charge is -2.31. The predicted molar refractivity (Wildman–Crippen MR) is 56.9 cm³/mol. The van der Waals surface area contributed by atoms with Gasteiger partial charge in [0.15, 0.2) is 0 Å². The predicted octanol–water partition coefficient (Wildman–Crippen LogP) is -1.69. The number of hydrogen-bond acceptors (Lipinski definition) is 4. The number of nitrogens with zero attached hydrogens (tertiary/aromatic N) is 2. The molecule has 0 aliphatic carbocycles. The van der Waals surface area contributed by atoms with E-state index in [4.69, 9.17) is 0 Å². The molecule has 0 aromatic heterocycles. The van der Waals surface area contributed by atoms with Crippen LogP contribution in [-0.2, 0) is 14.8 Å². The van der Waals surface area contributed by atoms with Gasteiger partial charge in [-0.2, -0.15) is 4.31 Å².